The molecule has 1 aromatic heterocycles. The molecule has 0 saturated heterocycles. The Morgan fingerprint density at radius 3 is 3.00 bits per heavy atom. The molecule has 1 atom stereocenters. The minimum Gasteiger partial charge on any atom is -0.380 e. The lowest BCUT2D eigenvalue weighted by atomic mass is 9.81. The van der Waals surface area contributed by atoms with Crippen molar-refractivity contribution in [3.8, 4) is 0 Å². The average Bonchev–Trinajstić information content (AvgIpc) is 2.18. The van der Waals surface area contributed by atoms with Crippen LogP contribution >= 0.6 is 27.5 Å². The molecule has 88 valence electrons. The molecule has 1 unspecified atom stereocenters. The van der Waals surface area contributed by atoms with Gasteiger partial charge in [0.1, 0.15) is 0 Å². The third-order valence-electron chi connectivity index (χ3n) is 3.12. The van der Waals surface area contributed by atoms with E-state index >= 15 is 0 Å². The summed E-state index contributed by atoms with van der Waals surface area (Å²) in [5.74, 6) is 0.904. The van der Waals surface area contributed by atoms with Gasteiger partial charge in [-0.3, -0.25) is 0 Å². The summed E-state index contributed by atoms with van der Waals surface area (Å²) in [4.78, 5) is 4.10. The number of rotatable bonds is 4. The maximum absolute atomic E-state index is 6.03. The van der Waals surface area contributed by atoms with Gasteiger partial charge in [0.15, 0.2) is 5.15 Å². The monoisotopic (exact) mass is 302 g/mol. The maximum Gasteiger partial charge on any atom is 0.152 e. The second kappa shape index (κ2) is 5.37. The third kappa shape index (κ3) is 3.11. The van der Waals surface area contributed by atoms with Crippen LogP contribution in [0.2, 0.25) is 5.15 Å². The highest BCUT2D eigenvalue weighted by atomic mass is 79.9. The molecule has 0 aromatic carbocycles. The van der Waals surface area contributed by atoms with E-state index in [0.717, 1.165) is 16.1 Å². The van der Waals surface area contributed by atoms with Crippen LogP contribution in [0.25, 0.3) is 0 Å². The SMILES string of the molecule is CC(CC1CCC1)Nc1cc(Br)cnc1Cl. The summed E-state index contributed by atoms with van der Waals surface area (Å²) < 4.78 is 0.954. The number of nitrogens with zero attached hydrogens (tertiary/aromatic N) is 1. The van der Waals surface area contributed by atoms with Gasteiger partial charge in [0.25, 0.3) is 0 Å². The molecule has 1 aromatic rings. The minimum absolute atomic E-state index is 0.457. The summed E-state index contributed by atoms with van der Waals surface area (Å²) in [6.07, 6.45) is 7.11. The zero-order valence-electron chi connectivity index (χ0n) is 9.34. The van der Waals surface area contributed by atoms with E-state index in [1.165, 1.54) is 25.7 Å². The molecule has 1 heterocycles. The number of pyridine rings is 1. The first-order valence-corrected chi connectivity index (χ1v) is 6.90. The summed E-state index contributed by atoms with van der Waals surface area (Å²) in [6, 6.07) is 2.44. The Kier molecular flexibility index (Phi) is 4.09. The molecule has 1 aliphatic rings. The molecule has 0 amide bonds. The number of halogens is 2. The summed E-state index contributed by atoms with van der Waals surface area (Å²) >= 11 is 9.43. The van der Waals surface area contributed by atoms with E-state index in [-0.39, 0.29) is 0 Å². The van der Waals surface area contributed by atoms with E-state index in [4.69, 9.17) is 11.6 Å². The molecule has 0 bridgehead atoms. The third-order valence-corrected chi connectivity index (χ3v) is 3.85. The highest BCUT2D eigenvalue weighted by molar-refractivity contribution is 9.10. The van der Waals surface area contributed by atoms with Gasteiger partial charge in [0, 0.05) is 16.7 Å². The number of hydrogen-bond acceptors (Lipinski definition) is 2. The first kappa shape index (κ1) is 12.2. The Morgan fingerprint density at radius 1 is 1.62 bits per heavy atom. The van der Waals surface area contributed by atoms with Crippen molar-refractivity contribution in [1.82, 2.24) is 4.98 Å². The summed E-state index contributed by atoms with van der Waals surface area (Å²) in [7, 11) is 0. The van der Waals surface area contributed by atoms with Crippen LogP contribution in [0.5, 0.6) is 0 Å². The van der Waals surface area contributed by atoms with Crippen LogP contribution in [0.1, 0.15) is 32.6 Å². The van der Waals surface area contributed by atoms with Crippen molar-refractivity contribution in [2.45, 2.75) is 38.6 Å². The number of anilines is 1. The Bertz CT molecular complexity index is 366. The quantitative estimate of drug-likeness (QED) is 0.829. The van der Waals surface area contributed by atoms with Gasteiger partial charge in [-0.1, -0.05) is 30.9 Å². The fourth-order valence-electron chi connectivity index (χ4n) is 2.08. The van der Waals surface area contributed by atoms with Crippen molar-refractivity contribution in [2.75, 3.05) is 5.32 Å². The van der Waals surface area contributed by atoms with Crippen LogP contribution in [0.3, 0.4) is 0 Å². The molecule has 1 saturated carbocycles. The second-order valence-electron chi connectivity index (χ2n) is 4.57. The molecule has 0 radical (unpaired) electrons. The highest BCUT2D eigenvalue weighted by Gasteiger charge is 2.20. The van der Waals surface area contributed by atoms with Gasteiger partial charge in [-0.05, 0) is 41.3 Å². The lowest BCUT2D eigenvalue weighted by molar-refractivity contribution is 0.286. The van der Waals surface area contributed by atoms with Gasteiger partial charge >= 0.3 is 0 Å². The van der Waals surface area contributed by atoms with E-state index in [0.29, 0.717) is 11.2 Å². The summed E-state index contributed by atoms with van der Waals surface area (Å²) in [6.45, 7) is 2.20. The van der Waals surface area contributed by atoms with Crippen molar-refractivity contribution < 1.29 is 0 Å². The molecule has 16 heavy (non-hydrogen) atoms. The normalized spacial score (nSPS) is 17.9. The van der Waals surface area contributed by atoms with Crippen molar-refractivity contribution in [3.63, 3.8) is 0 Å². The van der Waals surface area contributed by atoms with Gasteiger partial charge in [-0.25, -0.2) is 4.98 Å². The topological polar surface area (TPSA) is 24.9 Å². The Morgan fingerprint density at radius 2 is 2.38 bits per heavy atom. The number of hydrogen-bond donors (Lipinski definition) is 1. The summed E-state index contributed by atoms with van der Waals surface area (Å²) in [5, 5.41) is 3.97. The molecule has 0 spiro atoms. The average molecular weight is 304 g/mol. The Balaban J connectivity index is 1.93. The van der Waals surface area contributed by atoms with Crippen LogP contribution < -0.4 is 5.32 Å². The fourth-order valence-corrected chi connectivity index (χ4v) is 2.57. The lowest BCUT2D eigenvalue weighted by Crippen LogP contribution is -2.23. The zero-order chi connectivity index (χ0) is 11.5. The minimum atomic E-state index is 0.457. The largest absolute Gasteiger partial charge is 0.380 e. The standard InChI is InChI=1S/C12H16BrClN2/c1-8(5-9-3-2-4-9)16-11-6-10(13)7-15-12(11)14/h6-9,16H,2-5H2,1H3. The van der Waals surface area contributed by atoms with Crippen molar-refractivity contribution in [2.24, 2.45) is 5.92 Å². The molecule has 4 heteroatoms. The first-order chi connectivity index (χ1) is 7.65. The smallest absolute Gasteiger partial charge is 0.152 e. The van der Waals surface area contributed by atoms with Crippen LogP contribution in [-0.4, -0.2) is 11.0 Å². The van der Waals surface area contributed by atoms with Gasteiger partial charge < -0.3 is 5.32 Å². The van der Waals surface area contributed by atoms with Gasteiger partial charge in [-0.2, -0.15) is 0 Å². The van der Waals surface area contributed by atoms with E-state index in [2.05, 4.69) is 33.2 Å². The van der Waals surface area contributed by atoms with Gasteiger partial charge in [0.05, 0.1) is 5.69 Å². The van der Waals surface area contributed by atoms with Crippen LogP contribution in [-0.2, 0) is 0 Å². The highest BCUT2D eigenvalue weighted by Crippen LogP contribution is 2.32. The molecule has 2 rings (SSSR count). The van der Waals surface area contributed by atoms with Crippen molar-refractivity contribution >= 4 is 33.2 Å². The van der Waals surface area contributed by atoms with Gasteiger partial charge in [0.2, 0.25) is 0 Å². The summed E-state index contributed by atoms with van der Waals surface area (Å²) in [5.41, 5.74) is 0.919. The molecule has 1 aliphatic carbocycles. The molecule has 1 fully saturated rings. The maximum atomic E-state index is 6.03. The molecule has 1 N–H and O–H groups in total. The van der Waals surface area contributed by atoms with Crippen molar-refractivity contribution in [3.05, 3.63) is 21.9 Å². The molecular formula is C12H16BrClN2. The fraction of sp³-hybridized carbons (Fsp3) is 0.583. The number of aromatic nitrogens is 1. The first-order valence-electron chi connectivity index (χ1n) is 5.72. The van der Waals surface area contributed by atoms with Crippen LogP contribution in [0, 0.1) is 5.92 Å². The van der Waals surface area contributed by atoms with E-state index < -0.39 is 0 Å². The molecular weight excluding hydrogens is 288 g/mol. The number of nitrogens with one attached hydrogen (secondary N) is 1. The van der Waals surface area contributed by atoms with Crippen LogP contribution in [0.4, 0.5) is 5.69 Å². The van der Waals surface area contributed by atoms with E-state index in [1.807, 2.05) is 6.07 Å². The van der Waals surface area contributed by atoms with E-state index in [1.54, 1.807) is 6.20 Å². The Labute approximate surface area is 110 Å². The molecule has 0 aliphatic heterocycles. The van der Waals surface area contributed by atoms with Crippen LogP contribution in [0.15, 0.2) is 16.7 Å². The predicted octanol–water partition coefficient (Wildman–Crippen LogP) is 4.49. The Hall–Kier alpha value is -0.280. The zero-order valence-corrected chi connectivity index (χ0v) is 11.7. The predicted molar refractivity (Wildman–Crippen MR) is 72.0 cm³/mol. The second-order valence-corrected chi connectivity index (χ2v) is 5.84. The lowest BCUT2D eigenvalue weighted by Gasteiger charge is -2.29. The van der Waals surface area contributed by atoms with E-state index in [9.17, 15) is 0 Å². The molecule has 2 nitrogen and oxygen atoms in total. The van der Waals surface area contributed by atoms with Gasteiger partial charge in [-0.15, -0.1) is 0 Å². The van der Waals surface area contributed by atoms with Crippen molar-refractivity contribution in [1.29, 1.82) is 0 Å².